The van der Waals surface area contributed by atoms with Crippen LogP contribution in [0.25, 0.3) is 0 Å². The molecule has 476 valence electrons. The van der Waals surface area contributed by atoms with Gasteiger partial charge in [0.05, 0.1) is 40.3 Å². The third-order valence-electron chi connectivity index (χ3n) is 15.9. The van der Waals surface area contributed by atoms with Crippen LogP contribution >= 0.6 is 0 Å². The summed E-state index contributed by atoms with van der Waals surface area (Å²) in [6, 6.07) is 0. The highest BCUT2D eigenvalue weighted by atomic mass is 16.7. The highest BCUT2D eigenvalue weighted by molar-refractivity contribution is 5.70. The molecule has 2 atom stereocenters. The van der Waals surface area contributed by atoms with Gasteiger partial charge in [-0.2, -0.15) is 0 Å². The lowest BCUT2D eigenvalue weighted by Crippen LogP contribution is -2.44. The molecule has 0 aromatic heterocycles. The van der Waals surface area contributed by atoms with Crippen LogP contribution in [0.3, 0.4) is 0 Å². The summed E-state index contributed by atoms with van der Waals surface area (Å²) in [4.78, 5) is 37.4. The van der Waals surface area contributed by atoms with Crippen molar-refractivity contribution in [2.24, 2.45) is 0 Å². The van der Waals surface area contributed by atoms with Gasteiger partial charge < -0.3 is 33.3 Å². The summed E-state index contributed by atoms with van der Waals surface area (Å²) in [5.41, 5.74) is 0. The van der Waals surface area contributed by atoms with Crippen molar-refractivity contribution >= 4 is 17.9 Å². The second-order valence-electron chi connectivity index (χ2n) is 25.2. The third kappa shape index (κ3) is 64.9. The minimum atomic E-state index is -1.62. The number of allylic oxidation sites excluding steroid dienone is 6. The molecule has 0 saturated heterocycles. The molecule has 9 heteroatoms. The SMILES string of the molecule is CCCCCCC/C=C\C/C=C\C/C=C\CCCCCCCCCCCCCCCCCCCCCCCCCCCCC(=O)OC(COC(=O)CCCCCCCCCCCCCCCCC)COC(OCC[N+](C)(C)C)C(=O)[O-]. The summed E-state index contributed by atoms with van der Waals surface area (Å²) < 4.78 is 22.8. The molecule has 81 heavy (non-hydrogen) atoms. The molecular weight excluding hydrogens is 1010 g/mol. The van der Waals surface area contributed by atoms with Gasteiger partial charge in [-0.1, -0.05) is 320 Å². The maximum Gasteiger partial charge on any atom is 0.306 e. The molecule has 0 spiro atoms. The summed E-state index contributed by atoms with van der Waals surface area (Å²) in [6.07, 6.45) is 76.8. The number of carboxylic acids is 1. The molecule has 0 aromatic rings. The molecule has 0 aromatic carbocycles. The van der Waals surface area contributed by atoms with E-state index in [1.807, 2.05) is 21.1 Å². The van der Waals surface area contributed by atoms with Crippen LogP contribution in [0.4, 0.5) is 0 Å². The van der Waals surface area contributed by atoms with Crippen molar-refractivity contribution in [1.29, 1.82) is 0 Å². The number of hydrogen-bond acceptors (Lipinski definition) is 8. The molecule has 0 amide bonds. The van der Waals surface area contributed by atoms with E-state index in [4.69, 9.17) is 18.9 Å². The first kappa shape index (κ1) is 78.5. The Balaban J connectivity index is 3.90. The normalized spacial score (nSPS) is 12.9. The van der Waals surface area contributed by atoms with Gasteiger partial charge in [-0.15, -0.1) is 0 Å². The molecule has 2 unspecified atom stereocenters. The topological polar surface area (TPSA) is 111 Å². The Labute approximate surface area is 502 Å². The monoisotopic (exact) mass is 1140 g/mol. The Morgan fingerprint density at radius 2 is 0.667 bits per heavy atom. The van der Waals surface area contributed by atoms with Gasteiger partial charge in [-0.05, 0) is 51.4 Å². The van der Waals surface area contributed by atoms with Crippen LogP contribution in [0.1, 0.15) is 348 Å². The Hall–Kier alpha value is -2.49. The number of unbranched alkanes of at least 4 members (excludes halogenated alkanes) is 45. The summed E-state index contributed by atoms with van der Waals surface area (Å²) in [6.45, 7) is 4.79. The van der Waals surface area contributed by atoms with Crippen molar-refractivity contribution in [3.63, 3.8) is 0 Å². The molecule has 0 heterocycles. The molecule has 0 saturated carbocycles. The van der Waals surface area contributed by atoms with Gasteiger partial charge in [-0.25, -0.2) is 0 Å². The molecular formula is C72H135NO8. The van der Waals surface area contributed by atoms with E-state index in [9.17, 15) is 19.5 Å². The maximum absolute atomic E-state index is 12.9. The van der Waals surface area contributed by atoms with Crippen LogP contribution in [-0.2, 0) is 33.3 Å². The third-order valence-corrected chi connectivity index (χ3v) is 15.9. The summed E-state index contributed by atoms with van der Waals surface area (Å²) in [7, 11) is 5.94. The highest BCUT2D eigenvalue weighted by Gasteiger charge is 2.22. The van der Waals surface area contributed by atoms with Crippen molar-refractivity contribution in [3.05, 3.63) is 36.5 Å². The first-order valence-corrected chi connectivity index (χ1v) is 35.1. The minimum absolute atomic E-state index is 0.152. The van der Waals surface area contributed by atoms with Crippen LogP contribution in [0, 0.1) is 0 Å². The lowest BCUT2D eigenvalue weighted by molar-refractivity contribution is -0.870. The van der Waals surface area contributed by atoms with Crippen LogP contribution in [0.15, 0.2) is 36.5 Å². The zero-order valence-electron chi connectivity index (χ0n) is 54.4. The van der Waals surface area contributed by atoms with Gasteiger partial charge in [0.15, 0.2) is 12.4 Å². The van der Waals surface area contributed by atoms with Crippen molar-refractivity contribution in [2.75, 3.05) is 47.5 Å². The number of aliphatic carboxylic acids is 1. The molecule has 0 radical (unpaired) electrons. The van der Waals surface area contributed by atoms with Gasteiger partial charge in [0.1, 0.15) is 13.2 Å². The summed E-state index contributed by atoms with van der Waals surface area (Å²) in [5.74, 6) is -2.25. The van der Waals surface area contributed by atoms with Crippen molar-refractivity contribution in [2.45, 2.75) is 360 Å². The predicted octanol–water partition coefficient (Wildman–Crippen LogP) is 20.3. The number of quaternary nitrogens is 1. The van der Waals surface area contributed by atoms with E-state index in [0.717, 1.165) is 51.4 Å². The Bertz CT molecular complexity index is 1420. The molecule has 0 N–H and O–H groups in total. The summed E-state index contributed by atoms with van der Waals surface area (Å²) >= 11 is 0. The van der Waals surface area contributed by atoms with Crippen LogP contribution in [0.2, 0.25) is 0 Å². The first-order valence-electron chi connectivity index (χ1n) is 35.1. The first-order chi connectivity index (χ1) is 39.6. The van der Waals surface area contributed by atoms with E-state index < -0.39 is 24.3 Å². The van der Waals surface area contributed by atoms with Crippen LogP contribution in [0.5, 0.6) is 0 Å². The highest BCUT2D eigenvalue weighted by Crippen LogP contribution is 2.19. The van der Waals surface area contributed by atoms with Gasteiger partial charge >= 0.3 is 11.9 Å². The van der Waals surface area contributed by atoms with Crippen LogP contribution < -0.4 is 5.11 Å². The quantitative estimate of drug-likeness (QED) is 0.0195. The smallest absolute Gasteiger partial charge is 0.306 e. The number of nitrogens with zero attached hydrogens (tertiary/aromatic N) is 1. The van der Waals surface area contributed by atoms with Crippen LogP contribution in [-0.4, -0.2) is 82.3 Å². The van der Waals surface area contributed by atoms with E-state index in [2.05, 4.69) is 50.3 Å². The summed E-state index contributed by atoms with van der Waals surface area (Å²) in [5, 5.41) is 11.8. The molecule has 0 bridgehead atoms. The number of hydrogen-bond donors (Lipinski definition) is 0. The van der Waals surface area contributed by atoms with E-state index in [0.29, 0.717) is 17.4 Å². The Morgan fingerprint density at radius 1 is 0.370 bits per heavy atom. The maximum atomic E-state index is 12.9. The second kappa shape index (κ2) is 63.5. The lowest BCUT2D eigenvalue weighted by atomic mass is 10.0. The number of likely N-dealkylation sites (N-methyl/N-ethyl adjacent to an activating group) is 1. The molecule has 0 aliphatic carbocycles. The number of carboxylic acid groups (broad SMARTS) is 1. The number of esters is 2. The van der Waals surface area contributed by atoms with Crippen molar-refractivity contribution in [1.82, 2.24) is 0 Å². The zero-order chi connectivity index (χ0) is 59.1. The predicted molar refractivity (Wildman–Crippen MR) is 343 cm³/mol. The molecule has 0 aliphatic heterocycles. The minimum Gasteiger partial charge on any atom is -0.545 e. The fourth-order valence-corrected chi connectivity index (χ4v) is 10.5. The van der Waals surface area contributed by atoms with E-state index in [1.54, 1.807) is 0 Å². The number of carbonyl (C=O) groups is 3. The number of ether oxygens (including phenoxy) is 4. The lowest BCUT2D eigenvalue weighted by Gasteiger charge is -2.26. The Morgan fingerprint density at radius 3 is 0.988 bits per heavy atom. The molecule has 0 aliphatic rings. The fourth-order valence-electron chi connectivity index (χ4n) is 10.5. The Kier molecular flexibility index (Phi) is 61.6. The van der Waals surface area contributed by atoms with Crippen molar-refractivity contribution in [3.8, 4) is 0 Å². The fraction of sp³-hybridized carbons (Fsp3) is 0.875. The van der Waals surface area contributed by atoms with E-state index in [-0.39, 0.29) is 32.2 Å². The van der Waals surface area contributed by atoms with Gasteiger partial charge in [-0.3, -0.25) is 9.59 Å². The largest absolute Gasteiger partial charge is 0.545 e. The number of carbonyl (C=O) groups excluding carboxylic acids is 3. The van der Waals surface area contributed by atoms with Gasteiger partial charge in [0.25, 0.3) is 0 Å². The standard InChI is InChI=1S/C72H135NO8/c1-6-8-10-12-14-16-18-20-22-23-24-25-26-27-28-29-30-31-32-33-34-35-36-37-38-39-40-41-42-43-44-45-46-47-49-51-53-55-57-59-61-63-70(75)81-68(67-80-72(71(76)77)78-65-64-73(3,4)5)66-79-69(74)62-60-58-56-54-52-50-48-21-19-17-15-13-11-9-7-2/h18,20,23-24,26-27,68,72H,6-17,19,21-22,25,28-67H2,1-5H3/b20-18-,24-23-,27-26-. The molecule has 0 rings (SSSR count). The zero-order valence-corrected chi connectivity index (χ0v) is 54.4. The van der Waals surface area contributed by atoms with Gasteiger partial charge in [0.2, 0.25) is 0 Å². The molecule has 9 nitrogen and oxygen atoms in total. The number of rotatable bonds is 66. The van der Waals surface area contributed by atoms with Gasteiger partial charge in [0, 0.05) is 12.8 Å². The average Bonchev–Trinajstić information content (AvgIpc) is 3.44. The van der Waals surface area contributed by atoms with E-state index >= 15 is 0 Å². The second-order valence-corrected chi connectivity index (χ2v) is 25.2. The van der Waals surface area contributed by atoms with E-state index in [1.165, 1.54) is 270 Å². The van der Waals surface area contributed by atoms with Crippen molar-refractivity contribution < 1.29 is 42.9 Å². The average molecular weight is 1140 g/mol. The molecule has 0 fully saturated rings.